The third-order valence-corrected chi connectivity index (χ3v) is 6.24. The summed E-state index contributed by atoms with van der Waals surface area (Å²) in [5.41, 5.74) is 0. The van der Waals surface area contributed by atoms with E-state index in [1.807, 2.05) is 0 Å². The van der Waals surface area contributed by atoms with Crippen LogP contribution in [-0.2, 0) is 0 Å². The number of rotatable bonds is 4. The first-order valence-electron chi connectivity index (χ1n) is 7.45. The Morgan fingerprint density at radius 2 is 0.944 bits per heavy atom. The molecule has 2 N–H and O–H groups in total. The highest BCUT2D eigenvalue weighted by Gasteiger charge is 2.63. The van der Waals surface area contributed by atoms with E-state index in [1.165, 1.54) is 0 Å². The van der Waals surface area contributed by atoms with Gasteiger partial charge in [0.2, 0.25) is 0 Å². The van der Waals surface area contributed by atoms with Crippen LogP contribution in [-0.4, -0.2) is 23.4 Å². The predicted octanol–water partition coefficient (Wildman–Crippen LogP) is 1.85. The van der Waals surface area contributed by atoms with Crippen molar-refractivity contribution in [2.75, 3.05) is 13.2 Å². The highest BCUT2D eigenvalue weighted by Crippen LogP contribution is 2.68. The predicted molar refractivity (Wildman–Crippen MR) is 69.6 cm³/mol. The molecule has 4 aliphatic rings. The van der Waals surface area contributed by atoms with Crippen molar-refractivity contribution in [2.24, 2.45) is 47.3 Å². The second kappa shape index (κ2) is 3.94. The van der Waals surface area contributed by atoms with Crippen LogP contribution in [0.25, 0.3) is 0 Å². The van der Waals surface area contributed by atoms with Gasteiger partial charge < -0.3 is 10.2 Å². The summed E-state index contributed by atoms with van der Waals surface area (Å²) >= 11 is 0. The Bertz CT molecular complexity index is 334. The topological polar surface area (TPSA) is 40.5 Å². The molecule has 0 radical (unpaired) electrons. The molecule has 2 heteroatoms. The first-order chi connectivity index (χ1) is 8.86. The normalized spacial score (nSPS) is 54.6. The van der Waals surface area contributed by atoms with Crippen LogP contribution < -0.4 is 0 Å². The molecule has 2 nitrogen and oxygen atoms in total. The molecule has 0 saturated heterocycles. The van der Waals surface area contributed by atoms with Crippen molar-refractivity contribution in [3.8, 4) is 0 Å². The fourth-order valence-electron chi connectivity index (χ4n) is 5.86. The molecule has 2 fully saturated rings. The number of aliphatic hydroxyl groups excluding tert-OH is 2. The minimum atomic E-state index is 0.328. The highest BCUT2D eigenvalue weighted by atomic mass is 16.3. The molecule has 0 aromatic rings. The summed E-state index contributed by atoms with van der Waals surface area (Å²) in [5.74, 6) is 5.76. The van der Waals surface area contributed by atoms with Crippen LogP contribution in [0.3, 0.4) is 0 Å². The summed E-state index contributed by atoms with van der Waals surface area (Å²) in [5, 5.41) is 18.6. The Hall–Kier alpha value is -0.600. The molecule has 4 aliphatic carbocycles. The van der Waals surface area contributed by atoms with Crippen LogP contribution in [0.15, 0.2) is 24.3 Å². The summed E-state index contributed by atoms with van der Waals surface area (Å²) in [4.78, 5) is 0. The monoisotopic (exact) mass is 246 g/mol. The van der Waals surface area contributed by atoms with Gasteiger partial charge in [0.25, 0.3) is 0 Å². The molecule has 4 unspecified atom stereocenters. The average Bonchev–Trinajstić information content (AvgIpc) is 3.04. The molecule has 0 aromatic carbocycles. The van der Waals surface area contributed by atoms with Crippen molar-refractivity contribution in [3.05, 3.63) is 24.3 Å². The Morgan fingerprint density at radius 3 is 1.22 bits per heavy atom. The summed E-state index contributed by atoms with van der Waals surface area (Å²) < 4.78 is 0. The molecule has 8 atom stereocenters. The highest BCUT2D eigenvalue weighted by molar-refractivity contribution is 5.29. The first-order valence-corrected chi connectivity index (χ1v) is 7.45. The standard InChI is InChI=1S/C16H22O2/c17-7-5-9-11-1-2-12-10(6-8-18)14-4-3-13(9)16(14)15(11)12/h1-4,9-18H,5-8H2/t9?,10?,11-,12+,13+,14-,15?,16?. The van der Waals surface area contributed by atoms with E-state index in [4.69, 9.17) is 0 Å². The molecule has 0 aliphatic heterocycles. The molecular formula is C16H22O2. The quantitative estimate of drug-likeness (QED) is 0.743. The van der Waals surface area contributed by atoms with Crippen molar-refractivity contribution >= 4 is 0 Å². The summed E-state index contributed by atoms with van der Waals surface area (Å²) in [6.07, 6.45) is 11.7. The summed E-state index contributed by atoms with van der Waals surface area (Å²) in [6.45, 7) is 0.655. The molecule has 0 aromatic heterocycles. The third kappa shape index (κ3) is 1.21. The number of hydrogen-bond acceptors (Lipinski definition) is 2. The summed E-state index contributed by atoms with van der Waals surface area (Å²) in [7, 11) is 0. The lowest BCUT2D eigenvalue weighted by atomic mass is 9.81. The number of allylic oxidation sites excluding steroid dienone is 4. The van der Waals surface area contributed by atoms with Gasteiger partial charge in [-0.1, -0.05) is 24.3 Å². The van der Waals surface area contributed by atoms with Crippen LogP contribution >= 0.6 is 0 Å². The van der Waals surface area contributed by atoms with Gasteiger partial charge in [0.15, 0.2) is 0 Å². The van der Waals surface area contributed by atoms with E-state index in [0.717, 1.165) is 24.7 Å². The van der Waals surface area contributed by atoms with Crippen LogP contribution in [0, 0.1) is 47.3 Å². The zero-order valence-corrected chi connectivity index (χ0v) is 10.7. The lowest BCUT2D eigenvalue weighted by molar-refractivity contribution is 0.195. The van der Waals surface area contributed by atoms with Gasteiger partial charge in [-0.2, -0.15) is 0 Å². The number of hydrogen-bond donors (Lipinski definition) is 2. The molecule has 18 heavy (non-hydrogen) atoms. The molecule has 98 valence electrons. The smallest absolute Gasteiger partial charge is 0.0434 e. The average molecular weight is 246 g/mol. The second-order valence-electron chi connectivity index (χ2n) is 6.59. The maximum absolute atomic E-state index is 9.30. The van der Waals surface area contributed by atoms with Gasteiger partial charge in [-0.05, 0) is 60.2 Å². The second-order valence-corrected chi connectivity index (χ2v) is 6.59. The molecule has 2 saturated carbocycles. The lowest BCUT2D eigenvalue weighted by Gasteiger charge is -2.24. The Labute approximate surface area is 108 Å². The Balaban J connectivity index is 1.68. The van der Waals surface area contributed by atoms with E-state index < -0.39 is 0 Å². The van der Waals surface area contributed by atoms with Gasteiger partial charge in [0, 0.05) is 13.2 Å². The maximum atomic E-state index is 9.30. The van der Waals surface area contributed by atoms with E-state index >= 15 is 0 Å². The van der Waals surface area contributed by atoms with Crippen molar-refractivity contribution < 1.29 is 10.2 Å². The van der Waals surface area contributed by atoms with Gasteiger partial charge in [-0.3, -0.25) is 0 Å². The van der Waals surface area contributed by atoms with Crippen molar-refractivity contribution in [3.63, 3.8) is 0 Å². The Morgan fingerprint density at radius 1 is 0.611 bits per heavy atom. The fourth-order valence-corrected chi connectivity index (χ4v) is 5.86. The van der Waals surface area contributed by atoms with E-state index in [0.29, 0.717) is 48.7 Å². The van der Waals surface area contributed by atoms with Gasteiger partial charge in [-0.15, -0.1) is 0 Å². The largest absolute Gasteiger partial charge is 0.396 e. The molecule has 0 amide bonds. The Kier molecular flexibility index (Phi) is 2.46. The third-order valence-electron chi connectivity index (χ3n) is 6.24. The molecule has 0 heterocycles. The van der Waals surface area contributed by atoms with Gasteiger partial charge in [-0.25, -0.2) is 0 Å². The SMILES string of the molecule is OCCC1[C@H]2C=C[C@H]3C(CCO)[C@H]4C=C[C@@H]1C4C23. The number of aliphatic hydroxyl groups is 2. The van der Waals surface area contributed by atoms with Gasteiger partial charge >= 0.3 is 0 Å². The minimum absolute atomic E-state index is 0.328. The molecule has 4 rings (SSSR count). The van der Waals surface area contributed by atoms with Crippen LogP contribution in [0.5, 0.6) is 0 Å². The van der Waals surface area contributed by atoms with Crippen LogP contribution in [0.4, 0.5) is 0 Å². The lowest BCUT2D eigenvalue weighted by Crippen LogP contribution is -2.20. The van der Waals surface area contributed by atoms with Crippen molar-refractivity contribution in [1.29, 1.82) is 0 Å². The van der Waals surface area contributed by atoms with Gasteiger partial charge in [0.05, 0.1) is 0 Å². The van der Waals surface area contributed by atoms with Gasteiger partial charge in [0.1, 0.15) is 0 Å². The summed E-state index contributed by atoms with van der Waals surface area (Å²) in [6, 6.07) is 0. The fraction of sp³-hybridized carbons (Fsp3) is 0.750. The first kappa shape index (κ1) is 11.2. The van der Waals surface area contributed by atoms with E-state index in [-0.39, 0.29) is 0 Å². The van der Waals surface area contributed by atoms with E-state index in [9.17, 15) is 10.2 Å². The minimum Gasteiger partial charge on any atom is -0.396 e. The zero-order valence-electron chi connectivity index (χ0n) is 10.7. The van der Waals surface area contributed by atoms with Crippen LogP contribution in [0.1, 0.15) is 12.8 Å². The van der Waals surface area contributed by atoms with Crippen LogP contribution in [0.2, 0.25) is 0 Å². The molecule has 0 spiro atoms. The van der Waals surface area contributed by atoms with E-state index in [2.05, 4.69) is 24.3 Å². The van der Waals surface area contributed by atoms with Crippen molar-refractivity contribution in [2.45, 2.75) is 12.8 Å². The zero-order chi connectivity index (χ0) is 12.3. The molecular weight excluding hydrogens is 224 g/mol. The maximum Gasteiger partial charge on any atom is 0.0434 e. The van der Waals surface area contributed by atoms with E-state index in [1.54, 1.807) is 0 Å². The molecule has 0 bridgehead atoms. The van der Waals surface area contributed by atoms with Crippen molar-refractivity contribution in [1.82, 2.24) is 0 Å².